The standard InChI is InChI=1S/C13H11Cl2NO/c14-9-3-1-8(2-4-9)13(17)11-7-10(15)5-6-12(11)16/h1-7,13,17H,16H2. The van der Waals surface area contributed by atoms with Crippen molar-refractivity contribution in [1.29, 1.82) is 0 Å². The van der Waals surface area contributed by atoms with Gasteiger partial charge in [-0.3, -0.25) is 0 Å². The highest BCUT2D eigenvalue weighted by Crippen LogP contribution is 2.29. The van der Waals surface area contributed by atoms with Gasteiger partial charge in [0.1, 0.15) is 6.10 Å². The molecule has 0 aliphatic rings. The molecule has 17 heavy (non-hydrogen) atoms. The molecule has 0 fully saturated rings. The number of benzene rings is 2. The smallest absolute Gasteiger partial charge is 0.106 e. The van der Waals surface area contributed by atoms with Crippen LogP contribution in [0.15, 0.2) is 42.5 Å². The third kappa shape index (κ3) is 2.72. The van der Waals surface area contributed by atoms with E-state index >= 15 is 0 Å². The van der Waals surface area contributed by atoms with Crippen LogP contribution in [-0.2, 0) is 0 Å². The maximum absolute atomic E-state index is 10.2. The van der Waals surface area contributed by atoms with Gasteiger partial charge in [-0.15, -0.1) is 0 Å². The lowest BCUT2D eigenvalue weighted by molar-refractivity contribution is 0.221. The number of nitrogen functional groups attached to an aromatic ring is 1. The Hall–Kier alpha value is -1.22. The van der Waals surface area contributed by atoms with E-state index in [4.69, 9.17) is 28.9 Å². The molecule has 2 aromatic carbocycles. The van der Waals surface area contributed by atoms with Crippen molar-refractivity contribution < 1.29 is 5.11 Å². The van der Waals surface area contributed by atoms with Gasteiger partial charge in [0.15, 0.2) is 0 Å². The molecule has 2 aromatic rings. The molecule has 0 spiro atoms. The molecule has 0 aliphatic heterocycles. The van der Waals surface area contributed by atoms with Gasteiger partial charge >= 0.3 is 0 Å². The van der Waals surface area contributed by atoms with Crippen molar-refractivity contribution in [2.45, 2.75) is 6.10 Å². The van der Waals surface area contributed by atoms with Crippen molar-refractivity contribution in [3.05, 3.63) is 63.6 Å². The summed E-state index contributed by atoms with van der Waals surface area (Å²) >= 11 is 11.7. The minimum atomic E-state index is -0.800. The van der Waals surface area contributed by atoms with Crippen LogP contribution in [0.5, 0.6) is 0 Å². The Bertz CT molecular complexity index is 525. The first-order chi connectivity index (χ1) is 8.08. The van der Waals surface area contributed by atoms with E-state index in [0.717, 1.165) is 5.56 Å². The largest absolute Gasteiger partial charge is 0.398 e. The van der Waals surface area contributed by atoms with E-state index in [9.17, 15) is 5.11 Å². The highest BCUT2D eigenvalue weighted by atomic mass is 35.5. The second-order valence-electron chi connectivity index (χ2n) is 3.73. The maximum Gasteiger partial charge on any atom is 0.106 e. The number of aliphatic hydroxyl groups excluding tert-OH is 1. The molecule has 0 saturated carbocycles. The molecule has 2 rings (SSSR count). The number of anilines is 1. The summed E-state index contributed by atoms with van der Waals surface area (Å²) in [7, 11) is 0. The first-order valence-electron chi connectivity index (χ1n) is 5.06. The van der Waals surface area contributed by atoms with Gasteiger partial charge in [0.05, 0.1) is 0 Å². The Morgan fingerprint density at radius 1 is 0.941 bits per heavy atom. The fourth-order valence-electron chi connectivity index (χ4n) is 1.61. The number of rotatable bonds is 2. The van der Waals surface area contributed by atoms with Crippen molar-refractivity contribution in [3.8, 4) is 0 Å². The Balaban J connectivity index is 2.39. The predicted molar refractivity (Wildman–Crippen MR) is 71.4 cm³/mol. The third-order valence-corrected chi connectivity index (χ3v) is 3.02. The van der Waals surface area contributed by atoms with Crippen LogP contribution in [0.4, 0.5) is 5.69 Å². The molecule has 1 unspecified atom stereocenters. The molecule has 0 aliphatic carbocycles. The van der Waals surface area contributed by atoms with Gasteiger partial charge in [0, 0.05) is 21.3 Å². The normalized spacial score (nSPS) is 12.4. The van der Waals surface area contributed by atoms with E-state index in [2.05, 4.69) is 0 Å². The van der Waals surface area contributed by atoms with Crippen LogP contribution in [0.25, 0.3) is 0 Å². The molecule has 0 heterocycles. The highest BCUT2D eigenvalue weighted by Gasteiger charge is 2.13. The summed E-state index contributed by atoms with van der Waals surface area (Å²) < 4.78 is 0. The van der Waals surface area contributed by atoms with Crippen molar-refractivity contribution in [3.63, 3.8) is 0 Å². The third-order valence-electron chi connectivity index (χ3n) is 2.53. The fourth-order valence-corrected chi connectivity index (χ4v) is 1.91. The van der Waals surface area contributed by atoms with E-state index in [1.807, 2.05) is 0 Å². The second-order valence-corrected chi connectivity index (χ2v) is 4.60. The van der Waals surface area contributed by atoms with Crippen molar-refractivity contribution in [2.75, 3.05) is 5.73 Å². The van der Waals surface area contributed by atoms with Crippen LogP contribution >= 0.6 is 23.2 Å². The molecule has 0 bridgehead atoms. The van der Waals surface area contributed by atoms with Crippen molar-refractivity contribution >= 4 is 28.9 Å². The van der Waals surface area contributed by atoms with Gasteiger partial charge < -0.3 is 10.8 Å². The van der Waals surface area contributed by atoms with Crippen LogP contribution in [0, 0.1) is 0 Å². The van der Waals surface area contributed by atoms with Crippen LogP contribution in [-0.4, -0.2) is 5.11 Å². The first kappa shape index (κ1) is 12.2. The van der Waals surface area contributed by atoms with Gasteiger partial charge in [-0.05, 0) is 35.9 Å². The molecule has 2 nitrogen and oxygen atoms in total. The second kappa shape index (κ2) is 4.96. The van der Waals surface area contributed by atoms with Gasteiger partial charge in [0.2, 0.25) is 0 Å². The van der Waals surface area contributed by atoms with Crippen LogP contribution in [0.2, 0.25) is 10.0 Å². The molecular formula is C13H11Cl2NO. The highest BCUT2D eigenvalue weighted by molar-refractivity contribution is 6.31. The van der Waals surface area contributed by atoms with E-state index in [1.165, 1.54) is 0 Å². The lowest BCUT2D eigenvalue weighted by Gasteiger charge is -2.14. The predicted octanol–water partition coefficient (Wildman–Crippen LogP) is 3.66. The molecular weight excluding hydrogens is 257 g/mol. The SMILES string of the molecule is Nc1ccc(Cl)cc1C(O)c1ccc(Cl)cc1. The lowest BCUT2D eigenvalue weighted by atomic mass is 10.0. The van der Waals surface area contributed by atoms with E-state index in [0.29, 0.717) is 21.3 Å². The summed E-state index contributed by atoms with van der Waals surface area (Å²) in [6.45, 7) is 0. The van der Waals surface area contributed by atoms with Crippen molar-refractivity contribution in [1.82, 2.24) is 0 Å². The summed E-state index contributed by atoms with van der Waals surface area (Å²) in [6, 6.07) is 12.0. The molecule has 88 valence electrons. The number of halogens is 2. The Kier molecular flexibility index (Phi) is 3.57. The zero-order valence-electron chi connectivity index (χ0n) is 8.90. The fraction of sp³-hybridized carbons (Fsp3) is 0.0769. The van der Waals surface area contributed by atoms with Crippen LogP contribution < -0.4 is 5.73 Å². The first-order valence-corrected chi connectivity index (χ1v) is 5.82. The summed E-state index contributed by atoms with van der Waals surface area (Å²) in [6.07, 6.45) is -0.800. The molecule has 3 N–H and O–H groups in total. The number of hydrogen-bond donors (Lipinski definition) is 2. The summed E-state index contributed by atoms with van der Waals surface area (Å²) in [4.78, 5) is 0. The summed E-state index contributed by atoms with van der Waals surface area (Å²) in [5.74, 6) is 0. The Morgan fingerprint density at radius 2 is 1.53 bits per heavy atom. The average Bonchev–Trinajstić information content (AvgIpc) is 2.32. The van der Waals surface area contributed by atoms with E-state index < -0.39 is 6.10 Å². The number of nitrogens with two attached hydrogens (primary N) is 1. The van der Waals surface area contributed by atoms with Gasteiger partial charge in [-0.2, -0.15) is 0 Å². The number of hydrogen-bond acceptors (Lipinski definition) is 2. The van der Waals surface area contributed by atoms with Crippen LogP contribution in [0.3, 0.4) is 0 Å². The molecule has 0 saturated heterocycles. The molecule has 0 amide bonds. The van der Waals surface area contributed by atoms with Gasteiger partial charge in [-0.1, -0.05) is 35.3 Å². The zero-order chi connectivity index (χ0) is 12.4. The quantitative estimate of drug-likeness (QED) is 0.816. The maximum atomic E-state index is 10.2. The Morgan fingerprint density at radius 3 is 2.18 bits per heavy atom. The Labute approximate surface area is 110 Å². The average molecular weight is 268 g/mol. The molecule has 0 aromatic heterocycles. The van der Waals surface area contributed by atoms with Crippen molar-refractivity contribution in [2.24, 2.45) is 0 Å². The molecule has 1 atom stereocenters. The summed E-state index contributed by atoms with van der Waals surface area (Å²) in [5, 5.41) is 11.4. The van der Waals surface area contributed by atoms with Gasteiger partial charge in [0.25, 0.3) is 0 Å². The molecule has 4 heteroatoms. The molecule has 0 radical (unpaired) electrons. The lowest BCUT2D eigenvalue weighted by Crippen LogP contribution is -2.03. The number of aliphatic hydroxyl groups is 1. The van der Waals surface area contributed by atoms with Crippen LogP contribution in [0.1, 0.15) is 17.2 Å². The summed E-state index contributed by atoms with van der Waals surface area (Å²) in [5.41, 5.74) is 7.65. The van der Waals surface area contributed by atoms with E-state index in [-0.39, 0.29) is 0 Å². The monoisotopic (exact) mass is 267 g/mol. The van der Waals surface area contributed by atoms with Gasteiger partial charge in [-0.25, -0.2) is 0 Å². The zero-order valence-corrected chi connectivity index (χ0v) is 10.4. The minimum absolute atomic E-state index is 0.511. The topological polar surface area (TPSA) is 46.2 Å². The minimum Gasteiger partial charge on any atom is -0.398 e. The van der Waals surface area contributed by atoms with E-state index in [1.54, 1.807) is 42.5 Å².